The molecule has 26 heavy (non-hydrogen) atoms. The highest BCUT2D eigenvalue weighted by Gasteiger charge is 2.29. The lowest BCUT2D eigenvalue weighted by molar-refractivity contribution is 0.0198. The van der Waals surface area contributed by atoms with Crippen molar-refractivity contribution in [3.8, 4) is 0 Å². The van der Waals surface area contributed by atoms with Crippen molar-refractivity contribution in [1.29, 1.82) is 0 Å². The Morgan fingerprint density at radius 2 is 2.08 bits per heavy atom. The molecule has 2 aromatic rings. The molecule has 0 bridgehead atoms. The number of nitrogens with zero attached hydrogens (tertiary/aromatic N) is 1. The number of urea groups is 1. The lowest BCUT2D eigenvalue weighted by Crippen LogP contribution is -2.53. The van der Waals surface area contributed by atoms with E-state index in [-0.39, 0.29) is 12.6 Å². The molecule has 6 heteroatoms. The minimum atomic E-state index is -0.865. The molecule has 6 nitrogen and oxygen atoms in total. The van der Waals surface area contributed by atoms with Gasteiger partial charge in [-0.25, -0.2) is 4.79 Å². The number of aliphatic hydroxyl groups is 1. The molecule has 1 aliphatic heterocycles. The molecule has 0 radical (unpaired) electrons. The summed E-state index contributed by atoms with van der Waals surface area (Å²) in [6.45, 7) is 1.65. The van der Waals surface area contributed by atoms with Gasteiger partial charge in [-0.15, -0.1) is 0 Å². The quantitative estimate of drug-likeness (QED) is 0.666. The summed E-state index contributed by atoms with van der Waals surface area (Å²) < 4.78 is 0. The molecule has 0 spiro atoms. The lowest BCUT2D eigenvalue weighted by atomic mass is 9.94. The summed E-state index contributed by atoms with van der Waals surface area (Å²) in [5, 5.41) is 19.0. The molecule has 2 heterocycles. The number of nitrogens with one attached hydrogen (secondary N) is 3. The minimum Gasteiger partial charge on any atom is -0.387 e. The Hall–Kier alpha value is -2.70. The Bertz CT molecular complexity index is 738. The van der Waals surface area contributed by atoms with Gasteiger partial charge in [0.2, 0.25) is 0 Å². The Labute approximate surface area is 153 Å². The highest BCUT2D eigenvalue weighted by atomic mass is 16.3. The van der Waals surface area contributed by atoms with Crippen molar-refractivity contribution in [2.24, 2.45) is 0 Å². The topological polar surface area (TPSA) is 86.3 Å². The number of benzene rings is 1. The SMILES string of the molecule is O=C(NC[C@]1(O)CCCNC1)Nc1ccc(/C=C/c2ccccn2)cc1. The second kappa shape index (κ2) is 8.60. The second-order valence-corrected chi connectivity index (χ2v) is 6.52. The number of hydrogen-bond donors (Lipinski definition) is 4. The van der Waals surface area contributed by atoms with Gasteiger partial charge in [-0.3, -0.25) is 4.98 Å². The molecule has 136 valence electrons. The van der Waals surface area contributed by atoms with E-state index in [0.717, 1.165) is 24.2 Å². The van der Waals surface area contributed by atoms with Gasteiger partial charge in [0.05, 0.1) is 11.3 Å². The van der Waals surface area contributed by atoms with Gasteiger partial charge >= 0.3 is 6.03 Å². The third kappa shape index (κ3) is 5.40. The lowest BCUT2D eigenvalue weighted by Gasteiger charge is -2.32. The van der Waals surface area contributed by atoms with Crippen molar-refractivity contribution >= 4 is 23.9 Å². The Balaban J connectivity index is 1.49. The number of piperidine rings is 1. The van der Waals surface area contributed by atoms with Crippen LogP contribution < -0.4 is 16.0 Å². The highest BCUT2D eigenvalue weighted by molar-refractivity contribution is 5.89. The van der Waals surface area contributed by atoms with E-state index in [1.165, 1.54) is 0 Å². The van der Waals surface area contributed by atoms with Crippen molar-refractivity contribution in [2.75, 3.05) is 25.0 Å². The molecule has 0 saturated carbocycles. The predicted molar refractivity (Wildman–Crippen MR) is 104 cm³/mol. The van der Waals surface area contributed by atoms with Gasteiger partial charge in [0, 0.05) is 25.0 Å². The molecular weight excluding hydrogens is 328 g/mol. The maximum atomic E-state index is 12.0. The number of rotatable bonds is 5. The largest absolute Gasteiger partial charge is 0.387 e. The second-order valence-electron chi connectivity index (χ2n) is 6.52. The van der Waals surface area contributed by atoms with Crippen molar-refractivity contribution in [3.63, 3.8) is 0 Å². The van der Waals surface area contributed by atoms with Crippen LogP contribution in [-0.4, -0.2) is 41.4 Å². The first-order chi connectivity index (χ1) is 12.6. The first-order valence-corrected chi connectivity index (χ1v) is 8.80. The number of anilines is 1. The van der Waals surface area contributed by atoms with Crippen LogP contribution in [0.4, 0.5) is 10.5 Å². The van der Waals surface area contributed by atoms with Crippen LogP contribution in [-0.2, 0) is 0 Å². The van der Waals surface area contributed by atoms with Gasteiger partial charge in [-0.1, -0.05) is 24.3 Å². The fourth-order valence-electron chi connectivity index (χ4n) is 2.86. The van der Waals surface area contributed by atoms with Gasteiger partial charge in [-0.05, 0) is 55.3 Å². The summed E-state index contributed by atoms with van der Waals surface area (Å²) in [4.78, 5) is 16.3. The summed E-state index contributed by atoms with van der Waals surface area (Å²) in [6, 6.07) is 13.0. The van der Waals surface area contributed by atoms with Gasteiger partial charge in [0.25, 0.3) is 0 Å². The van der Waals surface area contributed by atoms with Crippen LogP contribution in [0.25, 0.3) is 12.2 Å². The van der Waals surface area contributed by atoms with E-state index in [4.69, 9.17) is 0 Å². The third-order valence-electron chi connectivity index (χ3n) is 4.33. The molecule has 1 fully saturated rings. The van der Waals surface area contributed by atoms with E-state index >= 15 is 0 Å². The van der Waals surface area contributed by atoms with Crippen LogP contribution in [0, 0.1) is 0 Å². The van der Waals surface area contributed by atoms with Gasteiger partial charge in [0.15, 0.2) is 0 Å². The Morgan fingerprint density at radius 3 is 2.77 bits per heavy atom. The molecule has 1 aromatic carbocycles. The molecule has 0 unspecified atom stereocenters. The Kier molecular flexibility index (Phi) is 5.99. The summed E-state index contributed by atoms with van der Waals surface area (Å²) in [6.07, 6.45) is 7.27. The number of pyridine rings is 1. The molecule has 1 aliphatic rings. The number of carbonyl (C=O) groups excluding carboxylic acids is 1. The van der Waals surface area contributed by atoms with E-state index in [2.05, 4.69) is 20.9 Å². The van der Waals surface area contributed by atoms with Crippen LogP contribution in [0.2, 0.25) is 0 Å². The van der Waals surface area contributed by atoms with Crippen LogP contribution in [0.5, 0.6) is 0 Å². The monoisotopic (exact) mass is 352 g/mol. The third-order valence-corrected chi connectivity index (χ3v) is 4.33. The van der Waals surface area contributed by atoms with Crippen molar-refractivity contribution in [1.82, 2.24) is 15.6 Å². The van der Waals surface area contributed by atoms with Crippen molar-refractivity contribution in [3.05, 3.63) is 59.9 Å². The first-order valence-electron chi connectivity index (χ1n) is 8.80. The van der Waals surface area contributed by atoms with E-state index in [0.29, 0.717) is 18.7 Å². The van der Waals surface area contributed by atoms with Crippen molar-refractivity contribution in [2.45, 2.75) is 18.4 Å². The van der Waals surface area contributed by atoms with Gasteiger partial charge in [-0.2, -0.15) is 0 Å². The van der Waals surface area contributed by atoms with Crippen LogP contribution in [0.3, 0.4) is 0 Å². The Morgan fingerprint density at radius 1 is 1.23 bits per heavy atom. The molecule has 0 aliphatic carbocycles. The summed E-state index contributed by atoms with van der Waals surface area (Å²) in [7, 11) is 0. The fourth-order valence-corrected chi connectivity index (χ4v) is 2.86. The zero-order valence-electron chi connectivity index (χ0n) is 14.6. The van der Waals surface area contributed by atoms with Gasteiger partial charge in [0.1, 0.15) is 0 Å². The summed E-state index contributed by atoms with van der Waals surface area (Å²) >= 11 is 0. The van der Waals surface area contributed by atoms with E-state index < -0.39 is 5.60 Å². The van der Waals surface area contributed by atoms with Crippen molar-refractivity contribution < 1.29 is 9.90 Å². The smallest absolute Gasteiger partial charge is 0.319 e. The normalized spacial score (nSPS) is 20.0. The fraction of sp³-hybridized carbons (Fsp3) is 0.300. The maximum Gasteiger partial charge on any atom is 0.319 e. The average molecular weight is 352 g/mol. The molecule has 3 rings (SSSR count). The average Bonchev–Trinajstić information content (AvgIpc) is 2.67. The number of carbonyl (C=O) groups is 1. The van der Waals surface area contributed by atoms with E-state index in [9.17, 15) is 9.90 Å². The molecule has 4 N–H and O–H groups in total. The first kappa shape index (κ1) is 18.1. The highest BCUT2D eigenvalue weighted by Crippen LogP contribution is 2.15. The van der Waals surface area contributed by atoms with Crippen LogP contribution in [0.15, 0.2) is 48.7 Å². The standard InChI is InChI=1S/C20H24N4O2/c25-19(23-15-20(26)11-3-12-21-14-20)24-18-9-6-16(7-10-18)5-8-17-4-1-2-13-22-17/h1-2,4-10,13,21,26H,3,11-12,14-15H2,(H2,23,24,25)/b8-5+/t20-/m0/s1. The van der Waals surface area contributed by atoms with Gasteiger partial charge < -0.3 is 21.1 Å². The zero-order chi connectivity index (χ0) is 18.2. The molecule has 2 amide bonds. The number of β-amino-alcohol motifs (C(OH)–C–C–N with tert-alkyl or cyclic N) is 1. The minimum absolute atomic E-state index is 0.233. The predicted octanol–water partition coefficient (Wildman–Crippen LogP) is 2.49. The number of amides is 2. The molecule has 1 saturated heterocycles. The molecule has 1 atom stereocenters. The molecular formula is C20H24N4O2. The maximum absolute atomic E-state index is 12.0. The van der Waals surface area contributed by atoms with Crippen LogP contribution in [0.1, 0.15) is 24.1 Å². The van der Waals surface area contributed by atoms with Crippen LogP contribution >= 0.6 is 0 Å². The van der Waals surface area contributed by atoms with E-state index in [1.807, 2.05) is 54.6 Å². The van der Waals surface area contributed by atoms with E-state index in [1.54, 1.807) is 6.20 Å². The molecule has 1 aromatic heterocycles. The zero-order valence-corrected chi connectivity index (χ0v) is 14.6. The number of hydrogen-bond acceptors (Lipinski definition) is 4. The number of aromatic nitrogens is 1. The summed E-state index contributed by atoms with van der Waals surface area (Å²) in [5.41, 5.74) is 1.75. The summed E-state index contributed by atoms with van der Waals surface area (Å²) in [5.74, 6) is 0.